The third-order valence-electron chi connectivity index (χ3n) is 4.68. The molecule has 1 aromatic rings. The molecule has 3 nitrogen and oxygen atoms in total. The third kappa shape index (κ3) is 4.21. The van der Waals surface area contributed by atoms with Crippen LogP contribution in [-0.2, 0) is 0 Å². The summed E-state index contributed by atoms with van der Waals surface area (Å²) < 4.78 is 5.55. The van der Waals surface area contributed by atoms with Gasteiger partial charge in [0.05, 0.1) is 7.11 Å². The molecule has 1 heterocycles. The van der Waals surface area contributed by atoms with E-state index in [1.54, 1.807) is 7.11 Å². The number of rotatable bonds is 6. The fourth-order valence-corrected chi connectivity index (χ4v) is 3.37. The summed E-state index contributed by atoms with van der Waals surface area (Å²) in [7, 11) is 1.76. The van der Waals surface area contributed by atoms with E-state index in [9.17, 15) is 0 Å². The van der Waals surface area contributed by atoms with E-state index in [2.05, 4.69) is 49.2 Å². The molecular weight excluding hydrogens is 260 g/mol. The van der Waals surface area contributed by atoms with Gasteiger partial charge in [-0.3, -0.25) is 4.90 Å². The lowest BCUT2D eigenvalue weighted by atomic mass is 9.95. The van der Waals surface area contributed by atoms with Gasteiger partial charge in [-0.25, -0.2) is 0 Å². The van der Waals surface area contributed by atoms with Crippen LogP contribution in [0.25, 0.3) is 0 Å². The van der Waals surface area contributed by atoms with Crippen LogP contribution in [0, 0.1) is 5.92 Å². The molecule has 0 amide bonds. The van der Waals surface area contributed by atoms with Crippen LogP contribution in [0.5, 0.6) is 5.75 Å². The average Bonchev–Trinajstić information content (AvgIpc) is 2.52. The van der Waals surface area contributed by atoms with E-state index < -0.39 is 0 Å². The van der Waals surface area contributed by atoms with E-state index in [1.165, 1.54) is 38.0 Å². The number of para-hydroxylation sites is 1. The molecule has 0 aromatic heterocycles. The number of benzene rings is 1. The van der Waals surface area contributed by atoms with Crippen LogP contribution < -0.4 is 10.1 Å². The molecule has 3 heteroatoms. The SMILES string of the molecule is COc1ccccc1C(C)N(CC1CCNCC1)C(C)C. The molecule has 118 valence electrons. The van der Waals surface area contributed by atoms with Crippen molar-refractivity contribution in [3.05, 3.63) is 29.8 Å². The Kier molecular flexibility index (Phi) is 6.07. The minimum Gasteiger partial charge on any atom is -0.496 e. The normalized spacial score (nSPS) is 18.2. The van der Waals surface area contributed by atoms with Crippen molar-refractivity contribution in [3.63, 3.8) is 0 Å². The first-order valence-electron chi connectivity index (χ1n) is 8.22. The van der Waals surface area contributed by atoms with E-state index in [4.69, 9.17) is 4.74 Å². The number of ether oxygens (including phenoxy) is 1. The predicted octanol–water partition coefficient (Wildman–Crippen LogP) is 3.47. The van der Waals surface area contributed by atoms with Crippen molar-refractivity contribution in [2.75, 3.05) is 26.7 Å². The van der Waals surface area contributed by atoms with E-state index >= 15 is 0 Å². The largest absolute Gasteiger partial charge is 0.496 e. The molecule has 0 bridgehead atoms. The van der Waals surface area contributed by atoms with Crippen LogP contribution >= 0.6 is 0 Å². The predicted molar refractivity (Wildman–Crippen MR) is 88.8 cm³/mol. The highest BCUT2D eigenvalue weighted by Gasteiger charge is 2.25. The zero-order valence-electron chi connectivity index (χ0n) is 13.9. The summed E-state index contributed by atoms with van der Waals surface area (Å²) in [6.07, 6.45) is 2.59. The highest BCUT2D eigenvalue weighted by molar-refractivity contribution is 5.35. The summed E-state index contributed by atoms with van der Waals surface area (Å²) in [5.74, 6) is 1.81. The standard InChI is InChI=1S/C18H30N2O/c1-14(2)20(13-16-9-11-19-12-10-16)15(3)17-7-5-6-8-18(17)21-4/h5-8,14-16,19H,9-13H2,1-4H3. The molecule has 0 saturated carbocycles. The molecule has 1 saturated heterocycles. The van der Waals surface area contributed by atoms with Crippen LogP contribution in [0.1, 0.15) is 45.2 Å². The second-order valence-electron chi connectivity index (χ2n) is 6.40. The Labute approximate surface area is 129 Å². The lowest BCUT2D eigenvalue weighted by Crippen LogP contribution is -2.40. The second-order valence-corrected chi connectivity index (χ2v) is 6.40. The molecule has 1 N–H and O–H groups in total. The minimum atomic E-state index is 0.385. The van der Waals surface area contributed by atoms with E-state index in [0.717, 1.165) is 11.7 Å². The Morgan fingerprint density at radius 2 is 1.86 bits per heavy atom. The molecule has 21 heavy (non-hydrogen) atoms. The Bertz CT molecular complexity index is 427. The van der Waals surface area contributed by atoms with E-state index in [-0.39, 0.29) is 0 Å². The van der Waals surface area contributed by atoms with Crippen molar-refractivity contribution in [2.24, 2.45) is 5.92 Å². The van der Waals surface area contributed by atoms with Crippen molar-refractivity contribution < 1.29 is 4.74 Å². The Morgan fingerprint density at radius 3 is 2.48 bits per heavy atom. The maximum Gasteiger partial charge on any atom is 0.123 e. The lowest BCUT2D eigenvalue weighted by Gasteiger charge is -2.37. The van der Waals surface area contributed by atoms with E-state index in [0.29, 0.717) is 12.1 Å². The van der Waals surface area contributed by atoms with Gasteiger partial charge in [0, 0.05) is 24.2 Å². The first-order chi connectivity index (χ1) is 10.1. The van der Waals surface area contributed by atoms with Gasteiger partial charge in [0.15, 0.2) is 0 Å². The van der Waals surface area contributed by atoms with Crippen molar-refractivity contribution in [3.8, 4) is 5.75 Å². The van der Waals surface area contributed by atoms with Gasteiger partial charge in [-0.15, -0.1) is 0 Å². The number of hydrogen-bond donors (Lipinski definition) is 1. The van der Waals surface area contributed by atoms with Crippen LogP contribution in [0.15, 0.2) is 24.3 Å². The van der Waals surface area contributed by atoms with Gasteiger partial charge < -0.3 is 10.1 Å². The maximum atomic E-state index is 5.55. The molecule has 1 fully saturated rings. The molecule has 0 radical (unpaired) electrons. The Balaban J connectivity index is 2.12. The number of methoxy groups -OCH3 is 1. The van der Waals surface area contributed by atoms with Gasteiger partial charge >= 0.3 is 0 Å². The molecule has 1 aromatic carbocycles. The maximum absolute atomic E-state index is 5.55. The van der Waals surface area contributed by atoms with Crippen molar-refractivity contribution in [2.45, 2.75) is 45.7 Å². The second kappa shape index (κ2) is 7.81. The highest BCUT2D eigenvalue weighted by atomic mass is 16.5. The van der Waals surface area contributed by atoms with Crippen LogP contribution in [0.4, 0.5) is 0 Å². The summed E-state index contributed by atoms with van der Waals surface area (Å²) in [6, 6.07) is 9.34. The topological polar surface area (TPSA) is 24.5 Å². The fourth-order valence-electron chi connectivity index (χ4n) is 3.37. The zero-order valence-corrected chi connectivity index (χ0v) is 13.9. The molecule has 1 aliphatic heterocycles. The molecule has 1 atom stereocenters. The van der Waals surface area contributed by atoms with Gasteiger partial charge in [-0.05, 0) is 58.7 Å². The number of nitrogens with one attached hydrogen (secondary N) is 1. The smallest absolute Gasteiger partial charge is 0.123 e. The minimum absolute atomic E-state index is 0.385. The summed E-state index contributed by atoms with van der Waals surface area (Å²) in [5, 5.41) is 3.46. The monoisotopic (exact) mass is 290 g/mol. The van der Waals surface area contributed by atoms with Gasteiger partial charge in [0.1, 0.15) is 5.75 Å². The van der Waals surface area contributed by atoms with Crippen LogP contribution in [-0.4, -0.2) is 37.7 Å². The summed E-state index contributed by atoms with van der Waals surface area (Å²) in [6.45, 7) is 10.4. The lowest BCUT2D eigenvalue weighted by molar-refractivity contribution is 0.123. The average molecular weight is 290 g/mol. The fraction of sp³-hybridized carbons (Fsp3) is 0.667. The first kappa shape index (κ1) is 16.3. The number of hydrogen-bond acceptors (Lipinski definition) is 3. The molecule has 1 aliphatic rings. The van der Waals surface area contributed by atoms with Gasteiger partial charge in [0.25, 0.3) is 0 Å². The van der Waals surface area contributed by atoms with Crippen molar-refractivity contribution in [1.29, 1.82) is 0 Å². The Morgan fingerprint density at radius 1 is 1.19 bits per heavy atom. The zero-order chi connectivity index (χ0) is 15.2. The molecular formula is C18H30N2O. The molecule has 0 spiro atoms. The number of piperidine rings is 1. The Hall–Kier alpha value is -1.06. The van der Waals surface area contributed by atoms with E-state index in [1.807, 2.05) is 6.07 Å². The quantitative estimate of drug-likeness (QED) is 0.868. The summed E-state index contributed by atoms with van der Waals surface area (Å²) in [4.78, 5) is 2.62. The molecule has 1 unspecified atom stereocenters. The molecule has 2 rings (SSSR count). The van der Waals surface area contributed by atoms with Gasteiger partial charge in [-0.2, -0.15) is 0 Å². The summed E-state index contributed by atoms with van der Waals surface area (Å²) in [5.41, 5.74) is 1.29. The van der Waals surface area contributed by atoms with Crippen molar-refractivity contribution >= 4 is 0 Å². The van der Waals surface area contributed by atoms with Gasteiger partial charge in [-0.1, -0.05) is 18.2 Å². The first-order valence-corrected chi connectivity index (χ1v) is 8.22. The molecule has 0 aliphatic carbocycles. The third-order valence-corrected chi connectivity index (χ3v) is 4.68. The summed E-state index contributed by atoms with van der Waals surface area (Å²) >= 11 is 0. The number of nitrogens with zero attached hydrogens (tertiary/aromatic N) is 1. The van der Waals surface area contributed by atoms with Crippen molar-refractivity contribution in [1.82, 2.24) is 10.2 Å². The van der Waals surface area contributed by atoms with Gasteiger partial charge in [0.2, 0.25) is 0 Å². The highest BCUT2D eigenvalue weighted by Crippen LogP contribution is 2.31. The van der Waals surface area contributed by atoms with Crippen LogP contribution in [0.2, 0.25) is 0 Å². The van der Waals surface area contributed by atoms with Crippen LogP contribution in [0.3, 0.4) is 0 Å².